The van der Waals surface area contributed by atoms with E-state index in [4.69, 9.17) is 14.2 Å². The van der Waals surface area contributed by atoms with Gasteiger partial charge in [-0.3, -0.25) is 14.4 Å². The lowest BCUT2D eigenvalue weighted by Crippen LogP contribution is -2.30. The van der Waals surface area contributed by atoms with Crippen molar-refractivity contribution in [2.75, 3.05) is 13.2 Å². The molecule has 0 aromatic carbocycles. The molecular formula is C73H124O6. The van der Waals surface area contributed by atoms with Crippen molar-refractivity contribution in [3.05, 3.63) is 109 Å². The van der Waals surface area contributed by atoms with Crippen molar-refractivity contribution in [2.24, 2.45) is 0 Å². The molecular weight excluding hydrogens is 973 g/mol. The maximum atomic E-state index is 12.9. The van der Waals surface area contributed by atoms with Gasteiger partial charge in [0.05, 0.1) is 0 Å². The third kappa shape index (κ3) is 64.8. The van der Waals surface area contributed by atoms with E-state index < -0.39 is 6.10 Å². The Morgan fingerprint density at radius 2 is 0.494 bits per heavy atom. The molecule has 0 rings (SSSR count). The van der Waals surface area contributed by atoms with E-state index in [0.717, 1.165) is 103 Å². The van der Waals surface area contributed by atoms with Crippen molar-refractivity contribution < 1.29 is 28.6 Å². The maximum Gasteiger partial charge on any atom is 0.306 e. The minimum Gasteiger partial charge on any atom is -0.462 e. The summed E-state index contributed by atoms with van der Waals surface area (Å²) in [7, 11) is 0. The van der Waals surface area contributed by atoms with Crippen LogP contribution in [-0.4, -0.2) is 37.2 Å². The van der Waals surface area contributed by atoms with Gasteiger partial charge < -0.3 is 14.2 Å². The fourth-order valence-electron chi connectivity index (χ4n) is 9.33. The molecule has 0 spiro atoms. The van der Waals surface area contributed by atoms with Gasteiger partial charge in [-0.05, 0) is 83.5 Å². The van der Waals surface area contributed by atoms with E-state index in [-0.39, 0.29) is 37.5 Å². The van der Waals surface area contributed by atoms with Gasteiger partial charge in [0.25, 0.3) is 0 Å². The minimum atomic E-state index is -0.799. The Hall–Kier alpha value is -3.93. The van der Waals surface area contributed by atoms with Gasteiger partial charge in [-0.15, -0.1) is 0 Å². The molecule has 0 amide bonds. The Bertz CT molecular complexity index is 1590. The highest BCUT2D eigenvalue weighted by Gasteiger charge is 2.19. The van der Waals surface area contributed by atoms with Crippen molar-refractivity contribution in [1.82, 2.24) is 0 Å². The van der Waals surface area contributed by atoms with Crippen LogP contribution in [0, 0.1) is 0 Å². The van der Waals surface area contributed by atoms with Crippen molar-refractivity contribution in [3.63, 3.8) is 0 Å². The fraction of sp³-hybridized carbons (Fsp3) is 0.712. The summed E-state index contributed by atoms with van der Waals surface area (Å²) in [5.74, 6) is -0.953. The lowest BCUT2D eigenvalue weighted by molar-refractivity contribution is -0.167. The molecule has 0 aliphatic rings. The number of rotatable bonds is 60. The number of allylic oxidation sites excluding steroid dienone is 18. The summed E-state index contributed by atoms with van der Waals surface area (Å²) in [4.78, 5) is 38.1. The Balaban J connectivity index is 4.22. The zero-order valence-corrected chi connectivity index (χ0v) is 51.9. The summed E-state index contributed by atoms with van der Waals surface area (Å²) < 4.78 is 16.8. The first-order valence-electron chi connectivity index (χ1n) is 33.4. The van der Waals surface area contributed by atoms with Crippen LogP contribution in [0.1, 0.15) is 316 Å². The first-order valence-corrected chi connectivity index (χ1v) is 33.4. The number of esters is 3. The summed E-state index contributed by atoms with van der Waals surface area (Å²) in [5.41, 5.74) is 0. The molecule has 0 radical (unpaired) electrons. The molecule has 6 nitrogen and oxygen atoms in total. The van der Waals surface area contributed by atoms with Crippen LogP contribution in [0.4, 0.5) is 0 Å². The monoisotopic (exact) mass is 1100 g/mol. The molecule has 0 aliphatic carbocycles. The second kappa shape index (κ2) is 66.6. The van der Waals surface area contributed by atoms with E-state index in [1.54, 1.807) is 0 Å². The number of hydrogen-bond donors (Lipinski definition) is 0. The first-order chi connectivity index (χ1) is 39.0. The second-order valence-corrected chi connectivity index (χ2v) is 22.0. The van der Waals surface area contributed by atoms with Crippen molar-refractivity contribution in [2.45, 2.75) is 322 Å². The molecule has 0 fully saturated rings. The van der Waals surface area contributed by atoms with E-state index in [0.29, 0.717) is 19.3 Å². The molecule has 79 heavy (non-hydrogen) atoms. The highest BCUT2D eigenvalue weighted by Crippen LogP contribution is 2.17. The molecule has 1 atom stereocenters. The quantitative estimate of drug-likeness (QED) is 0.0261. The maximum absolute atomic E-state index is 12.9. The molecule has 1 unspecified atom stereocenters. The SMILES string of the molecule is CC/C=C\C/C=C\C/C=C\C/C=C\C/C=C\C/C=C\C/C=C\C/C=C\C/C=C\CCCC(=O)OCC(COC(=O)CCCCCCCCC)OC(=O)CCCCCCCCCCCCCCCCCCCCCCCCCCC. The first kappa shape index (κ1) is 75.1. The topological polar surface area (TPSA) is 78.9 Å². The highest BCUT2D eigenvalue weighted by molar-refractivity contribution is 5.71. The summed E-state index contributed by atoms with van der Waals surface area (Å²) in [6.45, 7) is 6.47. The predicted octanol–water partition coefficient (Wildman–Crippen LogP) is 23.0. The Labute approximate surface area is 489 Å². The van der Waals surface area contributed by atoms with Crippen LogP contribution in [0.15, 0.2) is 109 Å². The molecule has 0 bridgehead atoms. The molecule has 0 heterocycles. The number of carbonyl (C=O) groups excluding carboxylic acids is 3. The van der Waals surface area contributed by atoms with Crippen LogP contribution >= 0.6 is 0 Å². The summed E-state index contributed by atoms with van der Waals surface area (Å²) >= 11 is 0. The average molecular weight is 1100 g/mol. The lowest BCUT2D eigenvalue weighted by atomic mass is 10.0. The van der Waals surface area contributed by atoms with Gasteiger partial charge in [0.15, 0.2) is 6.10 Å². The van der Waals surface area contributed by atoms with Crippen LogP contribution in [-0.2, 0) is 28.6 Å². The van der Waals surface area contributed by atoms with E-state index >= 15 is 0 Å². The van der Waals surface area contributed by atoms with Crippen molar-refractivity contribution in [3.8, 4) is 0 Å². The summed E-state index contributed by atoms with van der Waals surface area (Å²) in [6, 6.07) is 0. The highest BCUT2D eigenvalue weighted by atomic mass is 16.6. The zero-order valence-electron chi connectivity index (χ0n) is 51.9. The Morgan fingerprint density at radius 3 is 0.772 bits per heavy atom. The molecule has 0 aliphatic heterocycles. The van der Waals surface area contributed by atoms with Gasteiger partial charge in [-0.25, -0.2) is 0 Å². The number of unbranched alkanes of at least 4 members (excludes halogenated alkanes) is 31. The minimum absolute atomic E-state index is 0.0939. The molecule has 0 aromatic heterocycles. The number of ether oxygens (including phenoxy) is 3. The van der Waals surface area contributed by atoms with E-state index in [2.05, 4.69) is 130 Å². The van der Waals surface area contributed by atoms with Gasteiger partial charge in [0.2, 0.25) is 0 Å². The van der Waals surface area contributed by atoms with Crippen LogP contribution in [0.3, 0.4) is 0 Å². The lowest BCUT2D eigenvalue weighted by Gasteiger charge is -2.18. The molecule has 0 saturated heterocycles. The normalized spacial score (nSPS) is 12.8. The average Bonchev–Trinajstić information content (AvgIpc) is 3.45. The third-order valence-electron chi connectivity index (χ3n) is 14.3. The van der Waals surface area contributed by atoms with E-state index in [9.17, 15) is 14.4 Å². The molecule has 0 saturated carbocycles. The van der Waals surface area contributed by atoms with E-state index in [1.165, 1.54) is 167 Å². The van der Waals surface area contributed by atoms with Gasteiger partial charge in [0, 0.05) is 19.3 Å². The van der Waals surface area contributed by atoms with E-state index in [1.807, 2.05) is 0 Å². The second-order valence-electron chi connectivity index (χ2n) is 22.0. The summed E-state index contributed by atoms with van der Waals surface area (Å²) in [6.07, 6.45) is 91.4. The third-order valence-corrected chi connectivity index (χ3v) is 14.3. The summed E-state index contributed by atoms with van der Waals surface area (Å²) in [5, 5.41) is 0. The molecule has 0 N–H and O–H groups in total. The zero-order chi connectivity index (χ0) is 57.1. The predicted molar refractivity (Wildman–Crippen MR) is 343 cm³/mol. The Morgan fingerprint density at radius 1 is 0.266 bits per heavy atom. The van der Waals surface area contributed by atoms with Gasteiger partial charge >= 0.3 is 17.9 Å². The van der Waals surface area contributed by atoms with Crippen LogP contribution in [0.2, 0.25) is 0 Å². The van der Waals surface area contributed by atoms with Gasteiger partial charge in [0.1, 0.15) is 13.2 Å². The number of hydrogen-bond acceptors (Lipinski definition) is 6. The fourth-order valence-corrected chi connectivity index (χ4v) is 9.33. The van der Waals surface area contributed by atoms with Gasteiger partial charge in [-0.2, -0.15) is 0 Å². The van der Waals surface area contributed by atoms with Crippen LogP contribution < -0.4 is 0 Å². The number of carbonyl (C=O) groups is 3. The largest absolute Gasteiger partial charge is 0.462 e. The molecule has 6 heteroatoms. The molecule has 452 valence electrons. The Kier molecular flexibility index (Phi) is 63.3. The van der Waals surface area contributed by atoms with Crippen LogP contribution in [0.25, 0.3) is 0 Å². The van der Waals surface area contributed by atoms with Crippen molar-refractivity contribution in [1.29, 1.82) is 0 Å². The van der Waals surface area contributed by atoms with Crippen LogP contribution in [0.5, 0.6) is 0 Å². The molecule has 0 aromatic rings. The van der Waals surface area contributed by atoms with Gasteiger partial charge in [-0.1, -0.05) is 323 Å². The standard InChI is InChI=1S/C73H124O6/c1-4-7-10-13-16-18-20-22-24-26-28-30-32-34-35-36-37-39-40-42-44-46-48-50-52-54-57-60-63-66-72(75)78-69-70(68-77-71(74)65-62-59-56-15-12-9-6-3)79-73(76)67-64-61-58-55-53-51-49-47-45-43-41-38-33-31-29-27-25-23-21-19-17-14-11-8-5-2/h7,10,16,18,22,24,28,30,34-35,37,39,42,44,48,50,54,57,70H,4-6,8-9,11-15,17,19-21,23,25-27,29,31-33,36,38,40-41,43,45-47,49,51-53,55-56,58-69H2,1-3H3/b10-7-,18-16-,24-22-,30-28-,35-34-,39-37-,44-42-,50-48-,57-54-. The van der Waals surface area contributed by atoms with Crippen molar-refractivity contribution >= 4 is 17.9 Å². The smallest absolute Gasteiger partial charge is 0.306 e.